The third-order valence-corrected chi connectivity index (χ3v) is 3.22. The van der Waals surface area contributed by atoms with E-state index in [0.29, 0.717) is 24.9 Å². The highest BCUT2D eigenvalue weighted by atomic mass is 19.1. The molecule has 1 aromatic rings. The number of nitrogens with two attached hydrogens (primary N) is 1. The van der Waals surface area contributed by atoms with Crippen LogP contribution in [0.25, 0.3) is 0 Å². The van der Waals surface area contributed by atoms with Crippen molar-refractivity contribution in [3.63, 3.8) is 0 Å². The highest BCUT2D eigenvalue weighted by Crippen LogP contribution is 2.19. The van der Waals surface area contributed by atoms with Crippen molar-refractivity contribution in [3.05, 3.63) is 29.6 Å². The Morgan fingerprint density at radius 3 is 3.00 bits per heavy atom. The fourth-order valence-electron chi connectivity index (χ4n) is 2.37. The number of hydrogen-bond donors (Lipinski definition) is 1. The molecule has 2 rings (SSSR count). The van der Waals surface area contributed by atoms with Crippen molar-refractivity contribution in [1.29, 1.82) is 0 Å². The number of rotatable bonds is 6. The maximum absolute atomic E-state index is 13.5. The Hall–Kier alpha value is -1.13. The van der Waals surface area contributed by atoms with Crippen molar-refractivity contribution in [2.24, 2.45) is 5.73 Å². The highest BCUT2D eigenvalue weighted by molar-refractivity contribution is 5.30. The van der Waals surface area contributed by atoms with Crippen molar-refractivity contribution in [1.82, 2.24) is 0 Å². The van der Waals surface area contributed by atoms with Gasteiger partial charge in [-0.15, -0.1) is 0 Å². The molecule has 2 unspecified atom stereocenters. The first kappa shape index (κ1) is 14.3. The van der Waals surface area contributed by atoms with Gasteiger partial charge in [0.2, 0.25) is 0 Å². The van der Waals surface area contributed by atoms with Crippen molar-refractivity contribution in [3.8, 4) is 5.75 Å². The summed E-state index contributed by atoms with van der Waals surface area (Å²) < 4.78 is 24.6. The molecule has 106 valence electrons. The van der Waals surface area contributed by atoms with Gasteiger partial charge in [0.1, 0.15) is 11.6 Å². The first-order valence-electron chi connectivity index (χ1n) is 6.93. The van der Waals surface area contributed by atoms with E-state index in [4.69, 9.17) is 15.2 Å². The molecule has 1 aromatic carbocycles. The minimum Gasteiger partial charge on any atom is -0.493 e. The van der Waals surface area contributed by atoms with Crippen molar-refractivity contribution in [2.45, 2.75) is 44.8 Å². The molecule has 1 aliphatic heterocycles. The average molecular weight is 267 g/mol. The lowest BCUT2D eigenvalue weighted by Gasteiger charge is -2.12. The summed E-state index contributed by atoms with van der Waals surface area (Å²) >= 11 is 0. The molecule has 0 aromatic heterocycles. The Labute approximate surface area is 113 Å². The van der Waals surface area contributed by atoms with Gasteiger partial charge in [-0.25, -0.2) is 4.39 Å². The quantitative estimate of drug-likeness (QED) is 0.861. The third kappa shape index (κ3) is 4.80. The molecule has 4 heteroatoms. The summed E-state index contributed by atoms with van der Waals surface area (Å²) in [5.74, 6) is 0.305. The van der Waals surface area contributed by atoms with E-state index in [-0.39, 0.29) is 11.9 Å². The maximum atomic E-state index is 13.5. The lowest BCUT2D eigenvalue weighted by atomic mass is 10.1. The van der Waals surface area contributed by atoms with Crippen LogP contribution < -0.4 is 10.5 Å². The van der Waals surface area contributed by atoms with Gasteiger partial charge in [0, 0.05) is 25.1 Å². The van der Waals surface area contributed by atoms with E-state index in [1.807, 2.05) is 13.0 Å². The molecule has 0 radical (unpaired) electrons. The van der Waals surface area contributed by atoms with E-state index >= 15 is 0 Å². The Balaban J connectivity index is 1.86. The normalized spacial score (nSPS) is 20.5. The average Bonchev–Trinajstić information content (AvgIpc) is 2.80. The molecule has 0 amide bonds. The number of ether oxygens (including phenoxy) is 2. The fraction of sp³-hybridized carbons (Fsp3) is 0.600. The summed E-state index contributed by atoms with van der Waals surface area (Å²) in [7, 11) is 0. The van der Waals surface area contributed by atoms with Crippen LogP contribution in [0, 0.1) is 5.82 Å². The Kier molecular flexibility index (Phi) is 5.16. The van der Waals surface area contributed by atoms with Crippen molar-refractivity contribution in [2.75, 3.05) is 13.2 Å². The topological polar surface area (TPSA) is 44.5 Å². The van der Waals surface area contributed by atoms with Crippen LogP contribution in [0.3, 0.4) is 0 Å². The SMILES string of the molecule is CC(N)Cc1cc(F)cc(OCCC2CCCO2)c1. The highest BCUT2D eigenvalue weighted by Gasteiger charge is 2.15. The molecule has 1 heterocycles. The largest absolute Gasteiger partial charge is 0.493 e. The van der Waals surface area contributed by atoms with E-state index in [9.17, 15) is 4.39 Å². The molecule has 2 N–H and O–H groups in total. The summed E-state index contributed by atoms with van der Waals surface area (Å²) in [4.78, 5) is 0. The van der Waals surface area contributed by atoms with E-state index in [1.165, 1.54) is 12.1 Å². The molecular weight excluding hydrogens is 245 g/mol. The van der Waals surface area contributed by atoms with Gasteiger partial charge in [-0.2, -0.15) is 0 Å². The van der Waals surface area contributed by atoms with Gasteiger partial charge in [-0.05, 0) is 43.9 Å². The predicted octanol–water partition coefficient (Wildman–Crippen LogP) is 2.66. The van der Waals surface area contributed by atoms with Gasteiger partial charge in [-0.3, -0.25) is 0 Å². The first-order chi connectivity index (χ1) is 9.13. The molecule has 0 bridgehead atoms. The van der Waals surface area contributed by atoms with Crippen molar-refractivity contribution >= 4 is 0 Å². The Morgan fingerprint density at radius 2 is 2.32 bits per heavy atom. The van der Waals surface area contributed by atoms with Gasteiger partial charge in [0.25, 0.3) is 0 Å². The minimum atomic E-state index is -0.273. The van der Waals surface area contributed by atoms with Crippen LogP contribution in [-0.4, -0.2) is 25.4 Å². The molecule has 3 nitrogen and oxygen atoms in total. The Morgan fingerprint density at radius 1 is 1.47 bits per heavy atom. The zero-order chi connectivity index (χ0) is 13.7. The molecule has 2 atom stereocenters. The number of hydrogen-bond acceptors (Lipinski definition) is 3. The van der Waals surface area contributed by atoms with E-state index in [0.717, 1.165) is 31.4 Å². The molecule has 0 aliphatic carbocycles. The van der Waals surface area contributed by atoms with Crippen molar-refractivity contribution < 1.29 is 13.9 Å². The standard InChI is InChI=1S/C15H22FNO2/c1-11(17)7-12-8-13(16)10-15(9-12)19-6-4-14-3-2-5-18-14/h8-11,14H,2-7,17H2,1H3. The number of benzene rings is 1. The second kappa shape index (κ2) is 6.87. The van der Waals surface area contributed by atoms with E-state index in [1.54, 1.807) is 0 Å². The van der Waals surface area contributed by atoms with Gasteiger partial charge >= 0.3 is 0 Å². The number of halogens is 1. The van der Waals surface area contributed by atoms with Gasteiger partial charge in [0.05, 0.1) is 12.7 Å². The van der Waals surface area contributed by atoms with Crippen LogP contribution in [-0.2, 0) is 11.2 Å². The molecule has 0 spiro atoms. The summed E-state index contributed by atoms with van der Waals surface area (Å²) in [5, 5.41) is 0. The maximum Gasteiger partial charge on any atom is 0.127 e. The van der Waals surface area contributed by atoms with Gasteiger partial charge in [-0.1, -0.05) is 0 Å². The first-order valence-corrected chi connectivity index (χ1v) is 6.93. The zero-order valence-electron chi connectivity index (χ0n) is 11.4. The molecule has 1 fully saturated rings. The lowest BCUT2D eigenvalue weighted by molar-refractivity contribution is 0.0903. The summed E-state index contributed by atoms with van der Waals surface area (Å²) in [6.45, 7) is 3.32. The Bertz CT molecular complexity index is 403. The second-order valence-corrected chi connectivity index (χ2v) is 5.25. The van der Waals surface area contributed by atoms with Crippen LogP contribution in [0.4, 0.5) is 4.39 Å². The molecule has 19 heavy (non-hydrogen) atoms. The molecular formula is C15H22FNO2. The predicted molar refractivity (Wildman–Crippen MR) is 72.8 cm³/mol. The molecule has 0 saturated carbocycles. The second-order valence-electron chi connectivity index (χ2n) is 5.25. The van der Waals surface area contributed by atoms with Gasteiger partial charge < -0.3 is 15.2 Å². The zero-order valence-corrected chi connectivity index (χ0v) is 11.4. The summed E-state index contributed by atoms with van der Waals surface area (Å²) in [6.07, 6.45) is 4.04. The van der Waals surface area contributed by atoms with Crippen LogP contribution in [0.15, 0.2) is 18.2 Å². The third-order valence-electron chi connectivity index (χ3n) is 3.22. The van der Waals surface area contributed by atoms with Crippen LogP contribution in [0.1, 0.15) is 31.7 Å². The monoisotopic (exact) mass is 267 g/mol. The minimum absolute atomic E-state index is 0.0153. The lowest BCUT2D eigenvalue weighted by Crippen LogP contribution is -2.18. The molecule has 1 aliphatic rings. The fourth-order valence-corrected chi connectivity index (χ4v) is 2.37. The van der Waals surface area contributed by atoms with E-state index < -0.39 is 0 Å². The van der Waals surface area contributed by atoms with Crippen LogP contribution in [0.2, 0.25) is 0 Å². The smallest absolute Gasteiger partial charge is 0.127 e. The molecule has 1 saturated heterocycles. The van der Waals surface area contributed by atoms with E-state index in [2.05, 4.69) is 0 Å². The van der Waals surface area contributed by atoms with Crippen LogP contribution >= 0.6 is 0 Å². The summed E-state index contributed by atoms with van der Waals surface area (Å²) in [5.41, 5.74) is 6.60. The summed E-state index contributed by atoms with van der Waals surface area (Å²) in [6, 6.07) is 4.81. The van der Waals surface area contributed by atoms with Gasteiger partial charge in [0.15, 0.2) is 0 Å². The van der Waals surface area contributed by atoms with Crippen LogP contribution in [0.5, 0.6) is 5.75 Å².